The van der Waals surface area contributed by atoms with Crippen molar-refractivity contribution in [2.75, 3.05) is 0 Å². The van der Waals surface area contributed by atoms with Crippen LogP contribution in [0.15, 0.2) is 0 Å². The SMILES string of the molecule is CC.CC.CC(C)C1CCC(C)(C)CC1C. The molecule has 2 unspecified atom stereocenters. The zero-order chi connectivity index (χ0) is 13.4. The van der Waals surface area contributed by atoms with Crippen LogP contribution >= 0.6 is 0 Å². The molecule has 1 saturated carbocycles. The molecule has 1 fully saturated rings. The van der Waals surface area contributed by atoms with E-state index in [0.717, 1.165) is 17.8 Å². The van der Waals surface area contributed by atoms with Gasteiger partial charge in [0.25, 0.3) is 0 Å². The van der Waals surface area contributed by atoms with Crippen LogP contribution in [-0.2, 0) is 0 Å². The summed E-state index contributed by atoms with van der Waals surface area (Å²) in [5.74, 6) is 2.81. The van der Waals surface area contributed by atoms with Crippen LogP contribution in [0.1, 0.15) is 81.6 Å². The highest BCUT2D eigenvalue weighted by atomic mass is 14.4. The van der Waals surface area contributed by atoms with Crippen molar-refractivity contribution in [1.29, 1.82) is 0 Å². The van der Waals surface area contributed by atoms with Crippen molar-refractivity contribution in [3.63, 3.8) is 0 Å². The molecule has 0 spiro atoms. The Kier molecular flexibility index (Phi) is 10.4. The lowest BCUT2D eigenvalue weighted by molar-refractivity contribution is 0.0996. The Morgan fingerprint density at radius 2 is 1.44 bits per heavy atom. The zero-order valence-electron chi connectivity index (χ0n) is 13.4. The van der Waals surface area contributed by atoms with Gasteiger partial charge in [0.15, 0.2) is 0 Å². The Bertz CT molecular complexity index is 144. The summed E-state index contributed by atoms with van der Waals surface area (Å²) in [6, 6.07) is 0. The highest BCUT2D eigenvalue weighted by Crippen LogP contribution is 2.44. The Morgan fingerprint density at radius 1 is 1.00 bits per heavy atom. The van der Waals surface area contributed by atoms with Gasteiger partial charge in [0.1, 0.15) is 0 Å². The molecule has 0 nitrogen and oxygen atoms in total. The summed E-state index contributed by atoms with van der Waals surface area (Å²) in [6.07, 6.45) is 4.31. The normalized spacial score (nSPS) is 27.4. The molecule has 0 N–H and O–H groups in total. The molecule has 16 heavy (non-hydrogen) atoms. The van der Waals surface area contributed by atoms with Gasteiger partial charge in [0, 0.05) is 0 Å². The molecule has 0 bridgehead atoms. The smallest absolute Gasteiger partial charge is 0.0351 e. The van der Waals surface area contributed by atoms with E-state index in [1.165, 1.54) is 19.3 Å². The Balaban J connectivity index is 0. The largest absolute Gasteiger partial charge is 0.0683 e. The molecule has 0 saturated heterocycles. The average molecular weight is 228 g/mol. The van der Waals surface area contributed by atoms with Crippen molar-refractivity contribution in [3.8, 4) is 0 Å². The molecular formula is C16H36. The minimum Gasteiger partial charge on any atom is -0.0683 e. The van der Waals surface area contributed by atoms with Crippen molar-refractivity contribution in [2.24, 2.45) is 23.2 Å². The second kappa shape index (κ2) is 9.07. The van der Waals surface area contributed by atoms with Crippen molar-refractivity contribution in [1.82, 2.24) is 0 Å². The highest BCUT2D eigenvalue weighted by Gasteiger charge is 2.33. The van der Waals surface area contributed by atoms with E-state index in [0.29, 0.717) is 5.41 Å². The van der Waals surface area contributed by atoms with Gasteiger partial charge in [-0.2, -0.15) is 0 Å². The van der Waals surface area contributed by atoms with E-state index in [1.54, 1.807) is 0 Å². The second-order valence-electron chi connectivity index (χ2n) is 5.79. The van der Waals surface area contributed by atoms with E-state index < -0.39 is 0 Å². The Morgan fingerprint density at radius 3 is 1.75 bits per heavy atom. The molecule has 2 atom stereocenters. The predicted octanol–water partition coefficient (Wildman–Crippen LogP) is 6.16. The molecule has 0 aromatic heterocycles. The van der Waals surface area contributed by atoms with Crippen LogP contribution < -0.4 is 0 Å². The summed E-state index contributed by atoms with van der Waals surface area (Å²) in [4.78, 5) is 0. The summed E-state index contributed by atoms with van der Waals surface area (Å²) in [5.41, 5.74) is 0.616. The molecule has 0 aromatic carbocycles. The van der Waals surface area contributed by atoms with Gasteiger partial charge in [-0.05, 0) is 42.4 Å². The average Bonchev–Trinajstić information content (AvgIpc) is 2.21. The molecule has 100 valence electrons. The van der Waals surface area contributed by atoms with E-state index in [-0.39, 0.29) is 0 Å². The molecule has 1 aliphatic carbocycles. The molecule has 0 heteroatoms. The molecule has 0 heterocycles. The molecule has 0 aliphatic heterocycles. The van der Waals surface area contributed by atoms with Gasteiger partial charge >= 0.3 is 0 Å². The summed E-state index contributed by atoms with van der Waals surface area (Å²) >= 11 is 0. The van der Waals surface area contributed by atoms with Crippen LogP contribution in [0.5, 0.6) is 0 Å². The Hall–Kier alpha value is 0. The number of hydrogen-bond donors (Lipinski definition) is 0. The van der Waals surface area contributed by atoms with Gasteiger partial charge in [-0.15, -0.1) is 0 Å². The first-order chi connectivity index (χ1) is 7.42. The molecule has 0 radical (unpaired) electrons. The van der Waals surface area contributed by atoms with Gasteiger partial charge in [-0.25, -0.2) is 0 Å². The number of hydrogen-bond acceptors (Lipinski definition) is 0. The van der Waals surface area contributed by atoms with Crippen LogP contribution in [0.3, 0.4) is 0 Å². The third-order valence-corrected chi connectivity index (χ3v) is 3.62. The van der Waals surface area contributed by atoms with E-state index in [9.17, 15) is 0 Å². The van der Waals surface area contributed by atoms with Crippen molar-refractivity contribution in [3.05, 3.63) is 0 Å². The third-order valence-electron chi connectivity index (χ3n) is 3.62. The Labute approximate surface area is 105 Å². The monoisotopic (exact) mass is 228 g/mol. The van der Waals surface area contributed by atoms with Crippen LogP contribution in [0.4, 0.5) is 0 Å². The van der Waals surface area contributed by atoms with E-state index in [1.807, 2.05) is 27.7 Å². The van der Waals surface area contributed by atoms with Gasteiger partial charge in [0.2, 0.25) is 0 Å². The lowest BCUT2D eigenvalue weighted by Crippen LogP contribution is -2.30. The quantitative estimate of drug-likeness (QED) is 0.504. The second-order valence-corrected chi connectivity index (χ2v) is 5.79. The van der Waals surface area contributed by atoms with E-state index in [4.69, 9.17) is 0 Å². The standard InChI is InChI=1S/C12H24.2C2H6/c1-9(2)11-6-7-12(4,5)8-10(11)3;2*1-2/h9-11H,6-8H2,1-5H3;2*1-2H3. The van der Waals surface area contributed by atoms with Crippen molar-refractivity contribution < 1.29 is 0 Å². The summed E-state index contributed by atoms with van der Waals surface area (Å²) < 4.78 is 0. The van der Waals surface area contributed by atoms with Crippen LogP contribution in [0.25, 0.3) is 0 Å². The maximum atomic E-state index is 2.44. The maximum absolute atomic E-state index is 2.44. The maximum Gasteiger partial charge on any atom is -0.0351 e. The first-order valence-electron chi connectivity index (χ1n) is 7.42. The molecule has 0 amide bonds. The topological polar surface area (TPSA) is 0 Å². The first-order valence-corrected chi connectivity index (χ1v) is 7.42. The zero-order valence-corrected chi connectivity index (χ0v) is 13.4. The fourth-order valence-corrected chi connectivity index (χ4v) is 2.96. The van der Waals surface area contributed by atoms with Crippen LogP contribution in [0.2, 0.25) is 0 Å². The lowest BCUT2D eigenvalue weighted by Gasteiger charge is -2.41. The third kappa shape index (κ3) is 6.55. The fourth-order valence-electron chi connectivity index (χ4n) is 2.96. The fraction of sp³-hybridized carbons (Fsp3) is 1.00. The van der Waals surface area contributed by atoms with Crippen molar-refractivity contribution >= 4 is 0 Å². The molecule has 1 rings (SSSR count). The summed E-state index contributed by atoms with van der Waals surface area (Å²) in [7, 11) is 0. The van der Waals surface area contributed by atoms with E-state index >= 15 is 0 Å². The minimum absolute atomic E-state index is 0.616. The van der Waals surface area contributed by atoms with Gasteiger partial charge in [-0.1, -0.05) is 62.3 Å². The molecule has 1 aliphatic rings. The van der Waals surface area contributed by atoms with E-state index in [2.05, 4.69) is 34.6 Å². The van der Waals surface area contributed by atoms with Crippen LogP contribution in [-0.4, -0.2) is 0 Å². The lowest BCUT2D eigenvalue weighted by atomic mass is 9.65. The predicted molar refractivity (Wildman–Crippen MR) is 77.8 cm³/mol. The van der Waals surface area contributed by atoms with Gasteiger partial charge in [0.05, 0.1) is 0 Å². The number of rotatable bonds is 1. The highest BCUT2D eigenvalue weighted by molar-refractivity contribution is 4.83. The minimum atomic E-state index is 0.616. The van der Waals surface area contributed by atoms with Gasteiger partial charge in [-0.3, -0.25) is 0 Å². The molecular weight excluding hydrogens is 192 g/mol. The first kappa shape index (κ1) is 18.4. The molecule has 0 aromatic rings. The van der Waals surface area contributed by atoms with Gasteiger partial charge < -0.3 is 0 Å². The summed E-state index contributed by atoms with van der Waals surface area (Å²) in [6.45, 7) is 20.0. The summed E-state index contributed by atoms with van der Waals surface area (Å²) in [5, 5.41) is 0. The van der Waals surface area contributed by atoms with Crippen molar-refractivity contribution in [2.45, 2.75) is 81.6 Å². The van der Waals surface area contributed by atoms with Crippen LogP contribution in [0, 0.1) is 23.2 Å².